The molecule has 1 atom stereocenters. The van der Waals surface area contributed by atoms with E-state index in [0.717, 1.165) is 0 Å². The lowest BCUT2D eigenvalue weighted by molar-refractivity contribution is 1.49. The SMILES string of the molecule is Cc1ccc(-c2ccccc2)c(P)c1. The Hall–Kier alpha value is -1.13. The molecular weight excluding hydrogens is 187 g/mol. The molecule has 0 radical (unpaired) electrons. The Morgan fingerprint density at radius 3 is 2.29 bits per heavy atom. The number of aryl methyl sites for hydroxylation is 1. The van der Waals surface area contributed by atoms with Crippen LogP contribution in [0.3, 0.4) is 0 Å². The van der Waals surface area contributed by atoms with Crippen molar-refractivity contribution in [3.63, 3.8) is 0 Å². The van der Waals surface area contributed by atoms with Gasteiger partial charge in [-0.25, -0.2) is 0 Å². The van der Waals surface area contributed by atoms with Gasteiger partial charge in [0.15, 0.2) is 0 Å². The van der Waals surface area contributed by atoms with E-state index in [2.05, 4.69) is 58.6 Å². The Kier molecular flexibility index (Phi) is 2.65. The van der Waals surface area contributed by atoms with Crippen LogP contribution in [0.5, 0.6) is 0 Å². The lowest BCUT2D eigenvalue weighted by Crippen LogP contribution is -1.96. The van der Waals surface area contributed by atoms with E-state index in [-0.39, 0.29) is 0 Å². The van der Waals surface area contributed by atoms with Gasteiger partial charge in [0.25, 0.3) is 0 Å². The third-order valence-electron chi connectivity index (χ3n) is 2.29. The first kappa shape index (κ1) is 9.43. The van der Waals surface area contributed by atoms with Crippen LogP contribution in [-0.4, -0.2) is 0 Å². The maximum atomic E-state index is 2.79. The molecular formula is C13H13P. The number of rotatable bonds is 1. The highest BCUT2D eigenvalue weighted by molar-refractivity contribution is 7.28. The van der Waals surface area contributed by atoms with Crippen molar-refractivity contribution in [3.05, 3.63) is 54.1 Å². The molecule has 0 nitrogen and oxygen atoms in total. The van der Waals surface area contributed by atoms with Crippen molar-refractivity contribution in [3.8, 4) is 11.1 Å². The van der Waals surface area contributed by atoms with Crippen molar-refractivity contribution >= 4 is 14.5 Å². The van der Waals surface area contributed by atoms with Crippen LogP contribution in [0.25, 0.3) is 11.1 Å². The molecule has 0 N–H and O–H groups in total. The van der Waals surface area contributed by atoms with Crippen molar-refractivity contribution in [2.24, 2.45) is 0 Å². The number of hydrogen-bond donors (Lipinski definition) is 0. The minimum Gasteiger partial charge on any atom is -0.105 e. The van der Waals surface area contributed by atoms with Crippen LogP contribution in [-0.2, 0) is 0 Å². The zero-order valence-corrected chi connectivity index (χ0v) is 9.35. The molecule has 2 rings (SSSR count). The van der Waals surface area contributed by atoms with Crippen LogP contribution >= 0.6 is 9.24 Å². The van der Waals surface area contributed by atoms with Crippen molar-refractivity contribution in [2.45, 2.75) is 6.92 Å². The average Bonchev–Trinajstić information content (AvgIpc) is 2.19. The quantitative estimate of drug-likeness (QED) is 0.620. The van der Waals surface area contributed by atoms with Crippen LogP contribution in [0.2, 0.25) is 0 Å². The van der Waals surface area contributed by atoms with Crippen LogP contribution in [0, 0.1) is 6.92 Å². The fraction of sp³-hybridized carbons (Fsp3) is 0.0769. The molecule has 2 aromatic rings. The van der Waals surface area contributed by atoms with Gasteiger partial charge >= 0.3 is 0 Å². The Morgan fingerprint density at radius 2 is 1.64 bits per heavy atom. The predicted octanol–water partition coefficient (Wildman–Crippen LogP) is 3.16. The molecule has 0 aliphatic heterocycles. The van der Waals surface area contributed by atoms with Gasteiger partial charge in [-0.2, -0.15) is 0 Å². The summed E-state index contributed by atoms with van der Waals surface area (Å²) in [5.74, 6) is 0. The zero-order valence-electron chi connectivity index (χ0n) is 8.20. The van der Waals surface area contributed by atoms with Gasteiger partial charge in [-0.3, -0.25) is 0 Å². The Balaban J connectivity index is 2.53. The molecule has 0 aliphatic carbocycles. The summed E-state index contributed by atoms with van der Waals surface area (Å²) in [4.78, 5) is 0. The van der Waals surface area contributed by atoms with Gasteiger partial charge in [0.2, 0.25) is 0 Å². The summed E-state index contributed by atoms with van der Waals surface area (Å²) < 4.78 is 0. The van der Waals surface area contributed by atoms with Gasteiger partial charge in [0.05, 0.1) is 0 Å². The molecule has 0 heterocycles. The van der Waals surface area contributed by atoms with E-state index in [1.54, 1.807) is 0 Å². The number of benzene rings is 2. The number of hydrogen-bond acceptors (Lipinski definition) is 0. The van der Waals surface area contributed by atoms with Gasteiger partial charge in [0, 0.05) is 0 Å². The van der Waals surface area contributed by atoms with Crippen LogP contribution in [0.4, 0.5) is 0 Å². The van der Waals surface area contributed by atoms with Crippen molar-refractivity contribution in [2.75, 3.05) is 0 Å². The minimum absolute atomic E-state index is 1.26. The largest absolute Gasteiger partial charge is 0.105 e. The first-order chi connectivity index (χ1) is 6.77. The lowest BCUT2D eigenvalue weighted by Gasteiger charge is -2.06. The van der Waals surface area contributed by atoms with Gasteiger partial charge in [-0.05, 0) is 23.4 Å². The fourth-order valence-corrected chi connectivity index (χ4v) is 2.09. The Morgan fingerprint density at radius 1 is 0.929 bits per heavy atom. The second kappa shape index (κ2) is 3.94. The summed E-state index contributed by atoms with van der Waals surface area (Å²) in [7, 11) is 2.79. The molecule has 0 amide bonds. The summed E-state index contributed by atoms with van der Waals surface area (Å²) in [6.07, 6.45) is 0. The van der Waals surface area contributed by atoms with E-state index in [1.807, 2.05) is 6.07 Å². The monoisotopic (exact) mass is 200 g/mol. The molecule has 0 fully saturated rings. The van der Waals surface area contributed by atoms with Gasteiger partial charge in [-0.15, -0.1) is 9.24 Å². The fourth-order valence-electron chi connectivity index (χ4n) is 1.56. The van der Waals surface area contributed by atoms with Gasteiger partial charge in [-0.1, -0.05) is 54.1 Å². The maximum Gasteiger partial charge on any atom is -0.0112 e. The molecule has 2 aromatic carbocycles. The van der Waals surface area contributed by atoms with E-state index in [1.165, 1.54) is 22.0 Å². The van der Waals surface area contributed by atoms with E-state index < -0.39 is 0 Å². The average molecular weight is 200 g/mol. The van der Waals surface area contributed by atoms with E-state index in [9.17, 15) is 0 Å². The summed E-state index contributed by atoms with van der Waals surface area (Å²) in [6.45, 7) is 2.11. The predicted molar refractivity (Wildman–Crippen MR) is 66.0 cm³/mol. The van der Waals surface area contributed by atoms with Gasteiger partial charge in [0.1, 0.15) is 0 Å². The van der Waals surface area contributed by atoms with E-state index in [0.29, 0.717) is 0 Å². The van der Waals surface area contributed by atoms with Crippen LogP contribution < -0.4 is 5.30 Å². The molecule has 0 bridgehead atoms. The zero-order chi connectivity index (χ0) is 9.97. The Bertz CT molecular complexity index is 432. The van der Waals surface area contributed by atoms with Crippen LogP contribution in [0.15, 0.2) is 48.5 Å². The van der Waals surface area contributed by atoms with E-state index >= 15 is 0 Å². The Labute approximate surface area is 87.2 Å². The molecule has 0 aromatic heterocycles. The third-order valence-corrected chi connectivity index (χ3v) is 2.77. The van der Waals surface area contributed by atoms with Crippen molar-refractivity contribution < 1.29 is 0 Å². The topological polar surface area (TPSA) is 0 Å². The summed E-state index contributed by atoms with van der Waals surface area (Å²) >= 11 is 0. The first-order valence-electron chi connectivity index (χ1n) is 4.69. The molecule has 0 aliphatic rings. The molecule has 14 heavy (non-hydrogen) atoms. The molecule has 0 saturated carbocycles. The summed E-state index contributed by atoms with van der Waals surface area (Å²) in [5, 5.41) is 1.26. The third kappa shape index (κ3) is 1.86. The summed E-state index contributed by atoms with van der Waals surface area (Å²) in [5.41, 5.74) is 3.87. The first-order valence-corrected chi connectivity index (χ1v) is 5.26. The smallest absolute Gasteiger partial charge is 0.0112 e. The molecule has 0 spiro atoms. The van der Waals surface area contributed by atoms with Crippen molar-refractivity contribution in [1.29, 1.82) is 0 Å². The van der Waals surface area contributed by atoms with Crippen LogP contribution in [0.1, 0.15) is 5.56 Å². The lowest BCUT2D eigenvalue weighted by atomic mass is 10.0. The van der Waals surface area contributed by atoms with Crippen molar-refractivity contribution in [1.82, 2.24) is 0 Å². The molecule has 70 valence electrons. The molecule has 1 unspecified atom stereocenters. The highest BCUT2D eigenvalue weighted by atomic mass is 31.0. The normalized spacial score (nSPS) is 10.1. The molecule has 1 heteroatoms. The molecule has 0 saturated heterocycles. The maximum absolute atomic E-state index is 2.79. The summed E-state index contributed by atoms with van der Waals surface area (Å²) in [6, 6.07) is 17.0. The van der Waals surface area contributed by atoms with Gasteiger partial charge < -0.3 is 0 Å². The highest BCUT2D eigenvalue weighted by Gasteiger charge is 2.00. The standard InChI is InChI=1S/C13H13P/c1-10-7-8-12(13(14)9-10)11-5-3-2-4-6-11/h2-9H,14H2,1H3. The highest BCUT2D eigenvalue weighted by Crippen LogP contribution is 2.19. The van der Waals surface area contributed by atoms with E-state index in [4.69, 9.17) is 0 Å². The minimum atomic E-state index is 1.26. The second-order valence-corrected chi connectivity index (χ2v) is 4.08. The second-order valence-electron chi connectivity index (χ2n) is 3.46.